The summed E-state index contributed by atoms with van der Waals surface area (Å²) in [4.78, 5) is 24.6. The van der Waals surface area contributed by atoms with Crippen LogP contribution in [0.25, 0.3) is 6.08 Å². The number of aliphatic carboxylic acids is 1. The molecule has 2 rings (SSSR count). The van der Waals surface area contributed by atoms with E-state index in [0.29, 0.717) is 18.7 Å². The van der Waals surface area contributed by atoms with Gasteiger partial charge < -0.3 is 14.4 Å². The SMILES string of the molecule is Cc1ccc(/C=C\C(=O)N2CCCC[C@@H]2C(=O)O)o1. The maximum absolute atomic E-state index is 12.0. The smallest absolute Gasteiger partial charge is 0.326 e. The largest absolute Gasteiger partial charge is 0.480 e. The molecule has 1 atom stereocenters. The van der Waals surface area contributed by atoms with Gasteiger partial charge in [-0.2, -0.15) is 0 Å². The van der Waals surface area contributed by atoms with Gasteiger partial charge in [-0.25, -0.2) is 4.79 Å². The minimum atomic E-state index is -0.935. The molecule has 1 aliphatic rings. The molecule has 5 heteroatoms. The van der Waals surface area contributed by atoms with Crippen LogP contribution in [0.1, 0.15) is 30.8 Å². The number of carboxylic acid groups (broad SMARTS) is 1. The Morgan fingerprint density at radius 2 is 2.21 bits per heavy atom. The molecule has 2 heterocycles. The Hall–Kier alpha value is -2.04. The van der Waals surface area contributed by atoms with Crippen molar-refractivity contribution in [2.75, 3.05) is 6.54 Å². The minimum Gasteiger partial charge on any atom is -0.480 e. The number of piperidine rings is 1. The molecular weight excluding hydrogens is 246 g/mol. The third-order valence-electron chi connectivity index (χ3n) is 3.22. The summed E-state index contributed by atoms with van der Waals surface area (Å²) in [5, 5.41) is 9.11. The zero-order valence-corrected chi connectivity index (χ0v) is 10.8. The maximum atomic E-state index is 12.0. The molecule has 0 aromatic carbocycles. The molecule has 1 fully saturated rings. The molecule has 1 aliphatic heterocycles. The van der Waals surface area contributed by atoms with Gasteiger partial charge in [0.25, 0.3) is 0 Å². The molecule has 0 saturated carbocycles. The van der Waals surface area contributed by atoms with Crippen LogP contribution in [-0.4, -0.2) is 34.5 Å². The Kier molecular flexibility index (Phi) is 4.04. The number of furan rings is 1. The van der Waals surface area contributed by atoms with Crippen LogP contribution in [0, 0.1) is 6.92 Å². The van der Waals surface area contributed by atoms with E-state index in [1.54, 1.807) is 12.1 Å². The summed E-state index contributed by atoms with van der Waals surface area (Å²) in [6.45, 7) is 2.32. The average molecular weight is 263 g/mol. The first kappa shape index (κ1) is 13.4. The van der Waals surface area contributed by atoms with Crippen molar-refractivity contribution < 1.29 is 19.1 Å². The fourth-order valence-corrected chi connectivity index (χ4v) is 2.24. The summed E-state index contributed by atoms with van der Waals surface area (Å²) >= 11 is 0. The quantitative estimate of drug-likeness (QED) is 0.847. The number of rotatable bonds is 3. The molecule has 5 nitrogen and oxygen atoms in total. The van der Waals surface area contributed by atoms with Gasteiger partial charge >= 0.3 is 5.97 Å². The van der Waals surface area contributed by atoms with Gasteiger partial charge in [0.15, 0.2) is 0 Å². The lowest BCUT2D eigenvalue weighted by Gasteiger charge is -2.32. The Morgan fingerprint density at radius 1 is 1.42 bits per heavy atom. The number of likely N-dealkylation sites (tertiary alicyclic amines) is 1. The topological polar surface area (TPSA) is 70.8 Å². The molecule has 1 N–H and O–H groups in total. The maximum Gasteiger partial charge on any atom is 0.326 e. The van der Waals surface area contributed by atoms with Gasteiger partial charge in [0.2, 0.25) is 5.91 Å². The van der Waals surface area contributed by atoms with E-state index in [2.05, 4.69) is 0 Å². The van der Waals surface area contributed by atoms with Gasteiger partial charge in [-0.1, -0.05) is 0 Å². The number of hydrogen-bond acceptors (Lipinski definition) is 3. The standard InChI is InChI=1S/C14H17NO4/c1-10-5-6-11(19-10)7-8-13(16)15-9-3-2-4-12(15)14(17)18/h5-8,12H,2-4,9H2,1H3,(H,17,18)/b8-7-/t12-/m1/s1. The number of hydrogen-bond donors (Lipinski definition) is 1. The van der Waals surface area contributed by atoms with Crippen molar-refractivity contribution >= 4 is 18.0 Å². The lowest BCUT2D eigenvalue weighted by Crippen LogP contribution is -2.47. The van der Waals surface area contributed by atoms with Crippen molar-refractivity contribution in [3.63, 3.8) is 0 Å². The van der Waals surface area contributed by atoms with Crippen molar-refractivity contribution in [1.82, 2.24) is 4.90 Å². The molecule has 19 heavy (non-hydrogen) atoms. The molecule has 0 bridgehead atoms. The van der Waals surface area contributed by atoms with Crippen molar-refractivity contribution in [2.45, 2.75) is 32.2 Å². The van der Waals surface area contributed by atoms with Gasteiger partial charge in [0.1, 0.15) is 17.6 Å². The van der Waals surface area contributed by atoms with Gasteiger partial charge in [-0.05, 0) is 44.4 Å². The van der Waals surface area contributed by atoms with E-state index >= 15 is 0 Å². The molecule has 0 aliphatic carbocycles. The van der Waals surface area contributed by atoms with Crippen molar-refractivity contribution in [3.8, 4) is 0 Å². The molecule has 1 aromatic rings. The molecule has 1 amide bonds. The first-order valence-corrected chi connectivity index (χ1v) is 6.36. The van der Waals surface area contributed by atoms with Crippen LogP contribution in [0.4, 0.5) is 0 Å². The van der Waals surface area contributed by atoms with E-state index < -0.39 is 12.0 Å². The van der Waals surface area contributed by atoms with Gasteiger partial charge in [0.05, 0.1) is 0 Å². The first-order chi connectivity index (χ1) is 9.08. The summed E-state index contributed by atoms with van der Waals surface area (Å²) in [5.74, 6) is 0.152. The van der Waals surface area contributed by atoms with Gasteiger partial charge in [-0.3, -0.25) is 4.79 Å². The summed E-state index contributed by atoms with van der Waals surface area (Å²) in [6, 6.07) is 2.87. The zero-order chi connectivity index (χ0) is 13.8. The molecule has 1 saturated heterocycles. The van der Waals surface area contributed by atoms with Crippen molar-refractivity contribution in [2.24, 2.45) is 0 Å². The van der Waals surface area contributed by atoms with E-state index in [1.165, 1.54) is 11.0 Å². The summed E-state index contributed by atoms with van der Waals surface area (Å²) < 4.78 is 5.32. The highest BCUT2D eigenvalue weighted by atomic mass is 16.4. The summed E-state index contributed by atoms with van der Waals surface area (Å²) in [7, 11) is 0. The minimum absolute atomic E-state index is 0.277. The van der Waals surface area contributed by atoms with Crippen LogP contribution < -0.4 is 0 Å². The van der Waals surface area contributed by atoms with Crippen molar-refractivity contribution in [3.05, 3.63) is 29.7 Å². The molecule has 1 aromatic heterocycles. The second-order valence-corrected chi connectivity index (χ2v) is 4.66. The van der Waals surface area contributed by atoms with E-state index in [9.17, 15) is 9.59 Å². The number of amides is 1. The zero-order valence-electron chi connectivity index (χ0n) is 10.8. The van der Waals surface area contributed by atoms with Crippen LogP contribution >= 0.6 is 0 Å². The molecule has 0 radical (unpaired) electrons. The average Bonchev–Trinajstić information content (AvgIpc) is 2.81. The number of aryl methyl sites for hydroxylation is 1. The third kappa shape index (κ3) is 3.24. The van der Waals surface area contributed by atoms with Crippen LogP contribution in [0.5, 0.6) is 0 Å². The first-order valence-electron chi connectivity index (χ1n) is 6.36. The summed E-state index contributed by atoms with van der Waals surface area (Å²) in [5.41, 5.74) is 0. The number of carbonyl (C=O) groups is 2. The van der Waals surface area contributed by atoms with E-state index in [0.717, 1.165) is 18.6 Å². The van der Waals surface area contributed by atoms with E-state index in [1.807, 2.05) is 13.0 Å². The molecule has 102 valence electrons. The molecular formula is C14H17NO4. The van der Waals surface area contributed by atoms with Crippen LogP contribution in [0.2, 0.25) is 0 Å². The lowest BCUT2D eigenvalue weighted by molar-refractivity contribution is -0.150. The fraction of sp³-hybridized carbons (Fsp3) is 0.429. The second kappa shape index (κ2) is 5.73. The Morgan fingerprint density at radius 3 is 2.84 bits per heavy atom. The highest BCUT2D eigenvalue weighted by Gasteiger charge is 2.30. The predicted molar refractivity (Wildman–Crippen MR) is 69.5 cm³/mol. The fourth-order valence-electron chi connectivity index (χ4n) is 2.24. The Balaban J connectivity index is 2.05. The van der Waals surface area contributed by atoms with E-state index in [4.69, 9.17) is 9.52 Å². The Bertz CT molecular complexity index is 503. The van der Waals surface area contributed by atoms with Crippen LogP contribution in [-0.2, 0) is 9.59 Å². The number of carbonyl (C=O) groups excluding carboxylic acids is 1. The van der Waals surface area contributed by atoms with Gasteiger partial charge in [0, 0.05) is 12.6 Å². The monoisotopic (exact) mass is 263 g/mol. The lowest BCUT2D eigenvalue weighted by atomic mass is 10.0. The third-order valence-corrected chi connectivity index (χ3v) is 3.22. The normalized spacial score (nSPS) is 19.8. The predicted octanol–water partition coefficient (Wildman–Crippen LogP) is 2.07. The number of carboxylic acids is 1. The highest BCUT2D eigenvalue weighted by molar-refractivity contribution is 5.94. The second-order valence-electron chi connectivity index (χ2n) is 4.66. The molecule has 0 unspecified atom stereocenters. The van der Waals surface area contributed by atoms with Crippen LogP contribution in [0.15, 0.2) is 22.6 Å². The van der Waals surface area contributed by atoms with Gasteiger partial charge in [-0.15, -0.1) is 0 Å². The molecule has 0 spiro atoms. The van der Waals surface area contributed by atoms with Crippen molar-refractivity contribution in [1.29, 1.82) is 0 Å². The Labute approximate surface area is 111 Å². The number of nitrogens with zero attached hydrogens (tertiary/aromatic N) is 1. The van der Waals surface area contributed by atoms with E-state index in [-0.39, 0.29) is 5.91 Å². The summed E-state index contributed by atoms with van der Waals surface area (Å²) in [6.07, 6.45) is 5.17. The highest BCUT2D eigenvalue weighted by Crippen LogP contribution is 2.18. The van der Waals surface area contributed by atoms with Crippen LogP contribution in [0.3, 0.4) is 0 Å².